The number of carbonyl (C=O) groups is 1. The summed E-state index contributed by atoms with van der Waals surface area (Å²) in [6, 6.07) is 0. The van der Waals surface area contributed by atoms with Crippen LogP contribution in [-0.4, -0.2) is 46.8 Å². The van der Waals surface area contributed by atoms with E-state index in [0.717, 1.165) is 0 Å². The fourth-order valence-corrected chi connectivity index (χ4v) is 1.86. The molecule has 1 atom stereocenters. The molecular weight excluding hydrogens is 242 g/mol. The second-order valence-corrected chi connectivity index (χ2v) is 6.00. The van der Waals surface area contributed by atoms with Crippen LogP contribution < -0.4 is 15.4 Å². The summed E-state index contributed by atoms with van der Waals surface area (Å²) >= 11 is 0. The van der Waals surface area contributed by atoms with E-state index in [1.807, 2.05) is 6.92 Å². The van der Waals surface area contributed by atoms with E-state index in [9.17, 15) is 13.2 Å². The van der Waals surface area contributed by atoms with Crippen molar-refractivity contribution < 1.29 is 13.2 Å². The molecule has 1 unspecified atom stereocenters. The van der Waals surface area contributed by atoms with E-state index in [2.05, 4.69) is 15.4 Å². The van der Waals surface area contributed by atoms with Gasteiger partial charge in [0.2, 0.25) is 15.9 Å². The zero-order valence-electron chi connectivity index (χ0n) is 10.7. The van der Waals surface area contributed by atoms with E-state index in [-0.39, 0.29) is 17.6 Å². The Labute approximate surface area is 104 Å². The van der Waals surface area contributed by atoms with Gasteiger partial charge in [0.25, 0.3) is 0 Å². The van der Waals surface area contributed by atoms with Crippen LogP contribution in [0.2, 0.25) is 0 Å². The third-order valence-corrected chi connectivity index (χ3v) is 3.72. The number of carbonyl (C=O) groups excluding carboxylic acids is 1. The van der Waals surface area contributed by atoms with Gasteiger partial charge in [-0.15, -0.1) is 0 Å². The Morgan fingerprint density at radius 1 is 1.29 bits per heavy atom. The van der Waals surface area contributed by atoms with Gasteiger partial charge in [-0.3, -0.25) is 4.79 Å². The van der Waals surface area contributed by atoms with Crippen LogP contribution in [0.3, 0.4) is 0 Å². The molecule has 1 amide bonds. The highest BCUT2D eigenvalue weighted by molar-refractivity contribution is 7.89. The SMILES string of the molecule is CCS(=O)(=O)NCCCNC(=O)C(C)CNC. The Morgan fingerprint density at radius 2 is 1.94 bits per heavy atom. The van der Waals surface area contributed by atoms with Gasteiger partial charge in [0, 0.05) is 25.6 Å². The molecule has 0 radical (unpaired) electrons. The zero-order valence-corrected chi connectivity index (χ0v) is 11.6. The summed E-state index contributed by atoms with van der Waals surface area (Å²) in [4.78, 5) is 11.5. The third kappa shape index (κ3) is 8.12. The van der Waals surface area contributed by atoms with Crippen molar-refractivity contribution in [3.8, 4) is 0 Å². The fourth-order valence-electron chi connectivity index (χ4n) is 1.20. The Kier molecular flexibility index (Phi) is 8.11. The smallest absolute Gasteiger partial charge is 0.224 e. The molecule has 0 aliphatic rings. The standard InChI is InChI=1S/C10H23N3O3S/c1-4-17(15,16)13-7-5-6-12-10(14)9(2)8-11-3/h9,11,13H,4-8H2,1-3H3,(H,12,14). The molecule has 0 aliphatic carbocycles. The molecule has 6 nitrogen and oxygen atoms in total. The summed E-state index contributed by atoms with van der Waals surface area (Å²) in [5.41, 5.74) is 0. The highest BCUT2D eigenvalue weighted by Crippen LogP contribution is 1.91. The lowest BCUT2D eigenvalue weighted by Crippen LogP contribution is -2.36. The second kappa shape index (κ2) is 8.43. The van der Waals surface area contributed by atoms with Gasteiger partial charge in [-0.2, -0.15) is 0 Å². The molecule has 17 heavy (non-hydrogen) atoms. The van der Waals surface area contributed by atoms with Crippen LogP contribution in [-0.2, 0) is 14.8 Å². The van der Waals surface area contributed by atoms with E-state index < -0.39 is 10.0 Å². The first kappa shape index (κ1) is 16.3. The molecule has 3 N–H and O–H groups in total. The van der Waals surface area contributed by atoms with Gasteiger partial charge >= 0.3 is 0 Å². The normalized spacial score (nSPS) is 13.4. The minimum Gasteiger partial charge on any atom is -0.356 e. The van der Waals surface area contributed by atoms with Crippen LogP contribution in [0.1, 0.15) is 20.3 Å². The summed E-state index contributed by atoms with van der Waals surface area (Å²) in [7, 11) is -1.32. The molecule has 102 valence electrons. The molecule has 0 aromatic carbocycles. The first-order chi connectivity index (χ1) is 7.93. The summed E-state index contributed by atoms with van der Waals surface area (Å²) in [6.45, 7) is 4.90. The number of hydrogen-bond acceptors (Lipinski definition) is 4. The Balaban J connectivity index is 3.62. The topological polar surface area (TPSA) is 87.3 Å². The monoisotopic (exact) mass is 265 g/mol. The largest absolute Gasteiger partial charge is 0.356 e. The molecule has 0 aliphatic heterocycles. The van der Waals surface area contributed by atoms with E-state index in [1.165, 1.54) is 0 Å². The summed E-state index contributed by atoms with van der Waals surface area (Å²) in [5.74, 6) is -0.0107. The Hall–Kier alpha value is -0.660. The molecule has 7 heteroatoms. The lowest BCUT2D eigenvalue weighted by Gasteiger charge is -2.11. The van der Waals surface area contributed by atoms with Gasteiger partial charge < -0.3 is 10.6 Å². The van der Waals surface area contributed by atoms with Gasteiger partial charge in [0.1, 0.15) is 0 Å². The van der Waals surface area contributed by atoms with Gasteiger partial charge in [0.05, 0.1) is 5.75 Å². The molecular formula is C10H23N3O3S. The predicted molar refractivity (Wildman–Crippen MR) is 68.2 cm³/mol. The van der Waals surface area contributed by atoms with Crippen molar-refractivity contribution >= 4 is 15.9 Å². The molecule has 0 rings (SSSR count). The maximum Gasteiger partial charge on any atom is 0.224 e. The van der Waals surface area contributed by atoms with E-state index in [0.29, 0.717) is 26.1 Å². The van der Waals surface area contributed by atoms with Crippen LogP contribution in [0.15, 0.2) is 0 Å². The Bertz CT molecular complexity index is 317. The number of amides is 1. The van der Waals surface area contributed by atoms with Gasteiger partial charge in [0.15, 0.2) is 0 Å². The first-order valence-electron chi connectivity index (χ1n) is 5.82. The van der Waals surface area contributed by atoms with Crippen molar-refractivity contribution in [1.82, 2.24) is 15.4 Å². The second-order valence-electron chi connectivity index (χ2n) is 3.90. The average Bonchev–Trinajstić information content (AvgIpc) is 2.28. The van der Waals surface area contributed by atoms with Crippen LogP contribution in [0.5, 0.6) is 0 Å². The molecule has 0 fully saturated rings. The maximum atomic E-state index is 11.5. The summed E-state index contributed by atoms with van der Waals surface area (Å²) in [5, 5.41) is 5.68. The van der Waals surface area contributed by atoms with E-state index in [4.69, 9.17) is 0 Å². The van der Waals surface area contributed by atoms with Crippen molar-refractivity contribution in [3.63, 3.8) is 0 Å². The van der Waals surface area contributed by atoms with Crippen LogP contribution in [0.25, 0.3) is 0 Å². The van der Waals surface area contributed by atoms with Crippen molar-refractivity contribution in [2.75, 3.05) is 32.4 Å². The van der Waals surface area contributed by atoms with Crippen LogP contribution in [0.4, 0.5) is 0 Å². The quantitative estimate of drug-likeness (QED) is 0.481. The fraction of sp³-hybridized carbons (Fsp3) is 0.900. The predicted octanol–water partition coefficient (Wildman–Crippen LogP) is -0.712. The highest BCUT2D eigenvalue weighted by atomic mass is 32.2. The number of hydrogen-bond donors (Lipinski definition) is 3. The van der Waals surface area contributed by atoms with Crippen molar-refractivity contribution in [2.45, 2.75) is 20.3 Å². The lowest BCUT2D eigenvalue weighted by molar-refractivity contribution is -0.124. The van der Waals surface area contributed by atoms with Crippen molar-refractivity contribution in [1.29, 1.82) is 0 Å². The molecule has 0 aromatic rings. The van der Waals surface area contributed by atoms with Crippen LogP contribution in [0, 0.1) is 5.92 Å². The number of sulfonamides is 1. The van der Waals surface area contributed by atoms with Gasteiger partial charge in [-0.05, 0) is 20.4 Å². The van der Waals surface area contributed by atoms with Crippen molar-refractivity contribution in [3.05, 3.63) is 0 Å². The number of nitrogens with one attached hydrogen (secondary N) is 3. The Morgan fingerprint density at radius 3 is 2.47 bits per heavy atom. The molecule has 0 saturated carbocycles. The summed E-state index contributed by atoms with van der Waals surface area (Å²) in [6.07, 6.45) is 0.594. The van der Waals surface area contributed by atoms with E-state index >= 15 is 0 Å². The summed E-state index contributed by atoms with van der Waals surface area (Å²) < 4.78 is 24.6. The number of rotatable bonds is 9. The molecule has 0 bridgehead atoms. The molecule has 0 spiro atoms. The van der Waals surface area contributed by atoms with Gasteiger partial charge in [-0.1, -0.05) is 6.92 Å². The van der Waals surface area contributed by atoms with Gasteiger partial charge in [-0.25, -0.2) is 13.1 Å². The minimum absolute atomic E-state index is 0.0160. The third-order valence-electron chi connectivity index (χ3n) is 2.31. The lowest BCUT2D eigenvalue weighted by atomic mass is 10.1. The molecule has 0 aromatic heterocycles. The van der Waals surface area contributed by atoms with E-state index in [1.54, 1.807) is 14.0 Å². The molecule has 0 saturated heterocycles. The van der Waals surface area contributed by atoms with Crippen LogP contribution >= 0.6 is 0 Å². The average molecular weight is 265 g/mol. The zero-order chi connectivity index (χ0) is 13.3. The van der Waals surface area contributed by atoms with Crippen molar-refractivity contribution in [2.24, 2.45) is 5.92 Å². The highest BCUT2D eigenvalue weighted by Gasteiger charge is 2.10. The minimum atomic E-state index is -3.12. The maximum absolute atomic E-state index is 11.5. The first-order valence-corrected chi connectivity index (χ1v) is 7.47. The molecule has 0 heterocycles.